The Hall–Kier alpha value is -1.74. The zero-order valence-electron chi connectivity index (χ0n) is 13.0. The molecule has 0 spiro atoms. The van der Waals surface area contributed by atoms with Gasteiger partial charge in [-0.25, -0.2) is 4.99 Å². The average molecular weight is 312 g/mol. The summed E-state index contributed by atoms with van der Waals surface area (Å²) in [6.45, 7) is 4.86. The van der Waals surface area contributed by atoms with Crippen LogP contribution < -0.4 is 5.73 Å². The van der Waals surface area contributed by atoms with Crippen LogP contribution in [-0.4, -0.2) is 77.1 Å². The maximum Gasteiger partial charge on any atom is 0.214 e. The molecule has 0 radical (unpaired) electrons. The molecular formula is C14H24N4O4. The minimum atomic E-state index is -1.51. The number of hydrogen-bond donors (Lipinski definition) is 4. The predicted octanol–water partition coefficient (Wildman–Crippen LogP) is -1.17. The van der Waals surface area contributed by atoms with Crippen molar-refractivity contribution in [1.29, 1.82) is 0 Å². The van der Waals surface area contributed by atoms with Crippen LogP contribution in [0.2, 0.25) is 0 Å². The van der Waals surface area contributed by atoms with Gasteiger partial charge in [0.1, 0.15) is 17.8 Å². The molecular weight excluding hydrogens is 288 g/mol. The van der Waals surface area contributed by atoms with Gasteiger partial charge in [0.15, 0.2) is 6.23 Å². The van der Waals surface area contributed by atoms with E-state index in [4.69, 9.17) is 15.6 Å². The van der Waals surface area contributed by atoms with Crippen LogP contribution >= 0.6 is 0 Å². The third-order valence-electron chi connectivity index (χ3n) is 3.42. The van der Waals surface area contributed by atoms with Gasteiger partial charge in [0.05, 0.1) is 6.61 Å². The second-order valence-electron chi connectivity index (χ2n) is 5.28. The number of allylic oxidation sites excluding steroid dienone is 2. The van der Waals surface area contributed by atoms with Gasteiger partial charge in [-0.1, -0.05) is 6.58 Å². The first-order valence-corrected chi connectivity index (χ1v) is 6.76. The van der Waals surface area contributed by atoms with Gasteiger partial charge in [0.25, 0.3) is 0 Å². The summed E-state index contributed by atoms with van der Waals surface area (Å²) >= 11 is 0. The number of nitrogens with zero attached hydrogens (tertiary/aromatic N) is 3. The first kappa shape index (κ1) is 18.3. The highest BCUT2D eigenvalue weighted by Crippen LogP contribution is 2.32. The molecule has 0 aliphatic carbocycles. The molecule has 1 heterocycles. The molecule has 0 aromatic rings. The molecule has 5 N–H and O–H groups in total. The van der Waals surface area contributed by atoms with E-state index < -0.39 is 24.0 Å². The summed E-state index contributed by atoms with van der Waals surface area (Å²) in [6, 6.07) is 0. The highest BCUT2D eigenvalue weighted by atomic mass is 16.6. The number of ether oxygens (including phenoxy) is 1. The third-order valence-corrected chi connectivity index (χ3v) is 3.42. The van der Waals surface area contributed by atoms with E-state index in [1.165, 1.54) is 20.2 Å². The second kappa shape index (κ2) is 7.50. The average Bonchev–Trinajstić information content (AvgIpc) is 2.72. The van der Waals surface area contributed by atoms with Gasteiger partial charge in [-0.05, 0) is 18.6 Å². The first-order chi connectivity index (χ1) is 10.2. The molecule has 0 unspecified atom stereocenters. The Kier molecular flexibility index (Phi) is 6.24. The third kappa shape index (κ3) is 4.14. The van der Waals surface area contributed by atoms with Crippen molar-refractivity contribution in [3.63, 3.8) is 0 Å². The molecule has 1 aliphatic heterocycles. The highest BCUT2D eigenvalue weighted by molar-refractivity contribution is 5.93. The van der Waals surface area contributed by atoms with Crippen molar-refractivity contribution in [1.82, 2.24) is 4.90 Å². The molecule has 0 saturated carbocycles. The van der Waals surface area contributed by atoms with Crippen LogP contribution in [0.25, 0.3) is 0 Å². The minimum Gasteiger partial charge on any atom is -0.394 e. The van der Waals surface area contributed by atoms with Crippen molar-refractivity contribution in [3.8, 4) is 0 Å². The lowest BCUT2D eigenvalue weighted by Crippen LogP contribution is -2.50. The molecule has 124 valence electrons. The van der Waals surface area contributed by atoms with E-state index in [1.807, 2.05) is 0 Å². The summed E-state index contributed by atoms with van der Waals surface area (Å²) in [5, 5.41) is 29.4. The molecule has 8 nitrogen and oxygen atoms in total. The van der Waals surface area contributed by atoms with Gasteiger partial charge in [0.2, 0.25) is 5.96 Å². The van der Waals surface area contributed by atoms with Crippen molar-refractivity contribution in [2.75, 3.05) is 20.7 Å². The number of aliphatic imine (C=N–C) groups is 2. The topological polar surface area (TPSA) is 124 Å². The Labute approximate surface area is 129 Å². The molecule has 1 fully saturated rings. The number of aliphatic hydroxyl groups excluding tert-OH is 2. The molecule has 22 heavy (non-hydrogen) atoms. The fourth-order valence-corrected chi connectivity index (χ4v) is 2.09. The van der Waals surface area contributed by atoms with E-state index in [-0.39, 0.29) is 12.6 Å². The van der Waals surface area contributed by atoms with E-state index >= 15 is 0 Å². The van der Waals surface area contributed by atoms with Crippen LogP contribution in [0.15, 0.2) is 34.4 Å². The fourth-order valence-electron chi connectivity index (χ4n) is 2.09. The molecule has 8 heteroatoms. The summed E-state index contributed by atoms with van der Waals surface area (Å²) in [4.78, 5) is 9.12. The van der Waals surface area contributed by atoms with Crippen LogP contribution in [0.3, 0.4) is 0 Å². The van der Waals surface area contributed by atoms with Gasteiger partial charge in [0, 0.05) is 26.5 Å². The maximum atomic E-state index is 10.3. The van der Waals surface area contributed by atoms with Crippen molar-refractivity contribution >= 4 is 12.2 Å². The van der Waals surface area contributed by atoms with E-state index in [0.717, 1.165) is 0 Å². The first-order valence-electron chi connectivity index (χ1n) is 6.76. The standard InChI is InChI=1S/C14H24N4O4/c1-9(7-17-13(15)16-3)5-6-18(4)12-14(2,21)11(20)10(8-19)22-12/h5-7,10-12,19-21H,1,8H2,2-4H3,(H2,15,16)/b6-5-,17-7?/t10-,11-,12-,14-/m1/s1. The molecule has 0 amide bonds. The zero-order chi connectivity index (χ0) is 16.9. The highest BCUT2D eigenvalue weighted by Gasteiger charge is 2.53. The van der Waals surface area contributed by atoms with E-state index in [2.05, 4.69) is 16.6 Å². The summed E-state index contributed by atoms with van der Waals surface area (Å²) in [5.41, 5.74) is 4.48. The van der Waals surface area contributed by atoms with Crippen LogP contribution in [-0.2, 0) is 4.74 Å². The number of nitrogens with two attached hydrogens (primary N) is 1. The fraction of sp³-hybridized carbons (Fsp3) is 0.571. The Bertz CT molecular complexity index is 487. The van der Waals surface area contributed by atoms with E-state index in [9.17, 15) is 10.2 Å². The molecule has 4 atom stereocenters. The maximum absolute atomic E-state index is 10.3. The lowest BCUT2D eigenvalue weighted by Gasteiger charge is -2.32. The van der Waals surface area contributed by atoms with Gasteiger partial charge >= 0.3 is 0 Å². The quantitative estimate of drug-likeness (QED) is 0.288. The minimum absolute atomic E-state index is 0.138. The normalized spacial score (nSPS) is 33.0. The van der Waals surface area contributed by atoms with Crippen LogP contribution in [0.1, 0.15) is 6.92 Å². The van der Waals surface area contributed by atoms with Crippen molar-refractivity contribution in [3.05, 3.63) is 24.4 Å². The summed E-state index contributed by atoms with van der Waals surface area (Å²) in [7, 11) is 3.20. The summed E-state index contributed by atoms with van der Waals surface area (Å²) in [5.74, 6) is 0.138. The van der Waals surface area contributed by atoms with Crippen LogP contribution in [0, 0.1) is 0 Å². The van der Waals surface area contributed by atoms with Crippen LogP contribution in [0.5, 0.6) is 0 Å². The Morgan fingerprint density at radius 2 is 2.18 bits per heavy atom. The smallest absolute Gasteiger partial charge is 0.214 e. The lowest BCUT2D eigenvalue weighted by molar-refractivity contribution is -0.112. The summed E-state index contributed by atoms with van der Waals surface area (Å²) in [6.07, 6.45) is 1.91. The number of aliphatic hydroxyl groups is 3. The van der Waals surface area contributed by atoms with Crippen molar-refractivity contribution < 1.29 is 20.1 Å². The molecule has 0 aromatic carbocycles. The number of likely N-dealkylation sites (N-methyl/N-ethyl adjacent to an activating group) is 1. The molecule has 0 aromatic heterocycles. The molecule has 1 aliphatic rings. The Morgan fingerprint density at radius 3 is 2.68 bits per heavy atom. The Balaban J connectivity index is 2.72. The predicted molar refractivity (Wildman–Crippen MR) is 84.5 cm³/mol. The van der Waals surface area contributed by atoms with E-state index in [1.54, 1.807) is 24.2 Å². The SMILES string of the molecule is C=C(C=NC(N)=NC)/C=C\N(C)[C@@H]1O[C@H](CO)[C@@H](O)[C@@]1(C)O. The van der Waals surface area contributed by atoms with Gasteiger partial charge in [-0.2, -0.15) is 0 Å². The number of guanidine groups is 1. The van der Waals surface area contributed by atoms with Gasteiger partial charge < -0.3 is 30.7 Å². The molecule has 1 rings (SSSR count). The van der Waals surface area contributed by atoms with Gasteiger partial charge in [-0.15, -0.1) is 0 Å². The number of hydrogen-bond acceptors (Lipinski definition) is 6. The second-order valence-corrected chi connectivity index (χ2v) is 5.28. The number of rotatable bonds is 5. The van der Waals surface area contributed by atoms with Crippen LogP contribution in [0.4, 0.5) is 0 Å². The zero-order valence-corrected chi connectivity index (χ0v) is 13.0. The monoisotopic (exact) mass is 312 g/mol. The molecule has 0 bridgehead atoms. The van der Waals surface area contributed by atoms with E-state index in [0.29, 0.717) is 5.57 Å². The molecule has 1 saturated heterocycles. The van der Waals surface area contributed by atoms with Crippen molar-refractivity contribution in [2.45, 2.75) is 31.0 Å². The Morgan fingerprint density at radius 1 is 1.55 bits per heavy atom. The van der Waals surface area contributed by atoms with Crippen molar-refractivity contribution in [2.24, 2.45) is 15.7 Å². The lowest BCUT2D eigenvalue weighted by atomic mass is 9.96. The van der Waals surface area contributed by atoms with Gasteiger partial charge in [-0.3, -0.25) is 4.99 Å². The summed E-state index contributed by atoms with van der Waals surface area (Å²) < 4.78 is 5.47. The largest absolute Gasteiger partial charge is 0.394 e.